The van der Waals surface area contributed by atoms with Crippen LogP contribution in [0.15, 0.2) is 36.8 Å². The minimum absolute atomic E-state index is 0.924. The Kier molecular flexibility index (Phi) is 2.35. The van der Waals surface area contributed by atoms with E-state index in [4.69, 9.17) is 0 Å². The molecule has 0 aliphatic carbocycles. The van der Waals surface area contributed by atoms with E-state index in [2.05, 4.69) is 42.4 Å². The Morgan fingerprint density at radius 2 is 2.07 bits per heavy atom. The SMILES string of the molecule is Cc1ccccc1Cc1cn(C)cn1. The van der Waals surface area contributed by atoms with Crippen LogP contribution in [-0.2, 0) is 13.5 Å². The highest BCUT2D eigenvalue weighted by molar-refractivity contribution is 5.28. The van der Waals surface area contributed by atoms with E-state index in [9.17, 15) is 0 Å². The van der Waals surface area contributed by atoms with Crippen molar-refractivity contribution in [2.75, 3.05) is 0 Å². The second-order valence-corrected chi connectivity index (χ2v) is 3.63. The van der Waals surface area contributed by atoms with Crippen LogP contribution in [0.2, 0.25) is 0 Å². The zero-order valence-corrected chi connectivity index (χ0v) is 8.57. The molecule has 0 amide bonds. The number of imidazole rings is 1. The number of nitrogens with zero attached hydrogens (tertiary/aromatic N) is 2. The first-order chi connectivity index (χ1) is 6.75. The van der Waals surface area contributed by atoms with E-state index in [0.29, 0.717) is 0 Å². The normalized spacial score (nSPS) is 10.4. The van der Waals surface area contributed by atoms with E-state index in [1.165, 1.54) is 11.1 Å². The fraction of sp³-hybridized carbons (Fsp3) is 0.250. The van der Waals surface area contributed by atoms with E-state index in [-0.39, 0.29) is 0 Å². The second kappa shape index (κ2) is 3.66. The van der Waals surface area contributed by atoms with Crippen molar-refractivity contribution >= 4 is 0 Å². The Hall–Kier alpha value is -1.57. The predicted molar refractivity (Wildman–Crippen MR) is 57.2 cm³/mol. The van der Waals surface area contributed by atoms with Crippen LogP contribution in [0, 0.1) is 6.92 Å². The molecule has 0 aliphatic rings. The summed E-state index contributed by atoms with van der Waals surface area (Å²) in [6.45, 7) is 2.14. The van der Waals surface area contributed by atoms with Gasteiger partial charge in [-0.25, -0.2) is 4.98 Å². The molecule has 0 fully saturated rings. The molecular weight excluding hydrogens is 172 g/mol. The van der Waals surface area contributed by atoms with E-state index < -0.39 is 0 Å². The van der Waals surface area contributed by atoms with Gasteiger partial charge in [0.15, 0.2) is 0 Å². The summed E-state index contributed by atoms with van der Waals surface area (Å²) in [5.41, 5.74) is 3.81. The van der Waals surface area contributed by atoms with Crippen LogP contribution in [-0.4, -0.2) is 9.55 Å². The standard InChI is InChI=1S/C12H14N2/c1-10-5-3-4-6-11(10)7-12-8-14(2)9-13-12/h3-6,8-9H,7H2,1-2H3. The summed E-state index contributed by atoms with van der Waals surface area (Å²) in [5, 5.41) is 0. The van der Waals surface area contributed by atoms with Crippen molar-refractivity contribution in [3.05, 3.63) is 53.6 Å². The lowest BCUT2D eigenvalue weighted by Crippen LogP contribution is -1.91. The third-order valence-corrected chi connectivity index (χ3v) is 2.39. The van der Waals surface area contributed by atoms with Gasteiger partial charge in [0, 0.05) is 19.7 Å². The Balaban J connectivity index is 2.23. The maximum atomic E-state index is 4.32. The summed E-state index contributed by atoms with van der Waals surface area (Å²) in [6.07, 6.45) is 4.83. The average molecular weight is 186 g/mol. The molecule has 2 rings (SSSR count). The van der Waals surface area contributed by atoms with Crippen molar-refractivity contribution in [2.24, 2.45) is 7.05 Å². The lowest BCUT2D eigenvalue weighted by Gasteiger charge is -2.02. The fourth-order valence-electron chi connectivity index (χ4n) is 1.56. The van der Waals surface area contributed by atoms with Gasteiger partial charge in [-0.1, -0.05) is 24.3 Å². The lowest BCUT2D eigenvalue weighted by molar-refractivity contribution is 0.912. The number of aromatic nitrogens is 2. The first kappa shape index (κ1) is 9.00. The molecule has 1 heterocycles. The van der Waals surface area contributed by atoms with Crippen LogP contribution in [0.3, 0.4) is 0 Å². The maximum Gasteiger partial charge on any atom is 0.0946 e. The summed E-state index contributed by atoms with van der Waals surface area (Å²) < 4.78 is 1.98. The van der Waals surface area contributed by atoms with Crippen molar-refractivity contribution in [1.82, 2.24) is 9.55 Å². The molecule has 0 saturated heterocycles. The summed E-state index contributed by atoms with van der Waals surface area (Å²) >= 11 is 0. The number of benzene rings is 1. The van der Waals surface area contributed by atoms with E-state index in [1.807, 2.05) is 17.9 Å². The van der Waals surface area contributed by atoms with Gasteiger partial charge in [-0.3, -0.25) is 0 Å². The molecular formula is C12H14N2. The third kappa shape index (κ3) is 1.84. The smallest absolute Gasteiger partial charge is 0.0946 e. The molecule has 0 N–H and O–H groups in total. The molecule has 72 valence electrons. The van der Waals surface area contributed by atoms with E-state index >= 15 is 0 Å². The Morgan fingerprint density at radius 3 is 2.71 bits per heavy atom. The fourth-order valence-corrected chi connectivity index (χ4v) is 1.56. The highest BCUT2D eigenvalue weighted by Gasteiger charge is 2.00. The van der Waals surface area contributed by atoms with Crippen molar-refractivity contribution in [3.63, 3.8) is 0 Å². The van der Waals surface area contributed by atoms with Crippen LogP contribution in [0.5, 0.6) is 0 Å². The van der Waals surface area contributed by atoms with E-state index in [0.717, 1.165) is 12.1 Å². The van der Waals surface area contributed by atoms with Crippen molar-refractivity contribution in [1.29, 1.82) is 0 Å². The molecule has 0 aliphatic heterocycles. The van der Waals surface area contributed by atoms with Crippen LogP contribution < -0.4 is 0 Å². The third-order valence-electron chi connectivity index (χ3n) is 2.39. The molecule has 0 bridgehead atoms. The van der Waals surface area contributed by atoms with Crippen LogP contribution >= 0.6 is 0 Å². The summed E-state index contributed by atoms with van der Waals surface area (Å²) in [6, 6.07) is 8.44. The lowest BCUT2D eigenvalue weighted by atomic mass is 10.0. The van der Waals surface area contributed by atoms with Crippen molar-refractivity contribution in [2.45, 2.75) is 13.3 Å². The van der Waals surface area contributed by atoms with E-state index in [1.54, 1.807) is 0 Å². The number of aryl methyl sites for hydroxylation is 2. The average Bonchev–Trinajstić information content (AvgIpc) is 2.56. The van der Waals surface area contributed by atoms with Gasteiger partial charge in [0.05, 0.1) is 12.0 Å². The zero-order chi connectivity index (χ0) is 9.97. The van der Waals surface area contributed by atoms with Gasteiger partial charge in [0.25, 0.3) is 0 Å². The maximum absolute atomic E-state index is 4.32. The number of hydrogen-bond donors (Lipinski definition) is 0. The van der Waals surface area contributed by atoms with Gasteiger partial charge < -0.3 is 4.57 Å². The highest BCUT2D eigenvalue weighted by Crippen LogP contribution is 2.11. The minimum atomic E-state index is 0.924. The van der Waals surface area contributed by atoms with Crippen LogP contribution in [0.1, 0.15) is 16.8 Å². The second-order valence-electron chi connectivity index (χ2n) is 3.63. The quantitative estimate of drug-likeness (QED) is 0.703. The molecule has 1 aromatic carbocycles. The van der Waals surface area contributed by atoms with Crippen LogP contribution in [0.25, 0.3) is 0 Å². The zero-order valence-electron chi connectivity index (χ0n) is 8.57. The molecule has 14 heavy (non-hydrogen) atoms. The molecule has 2 heteroatoms. The predicted octanol–water partition coefficient (Wildman–Crippen LogP) is 2.32. The monoisotopic (exact) mass is 186 g/mol. The molecule has 2 nitrogen and oxygen atoms in total. The van der Waals surface area contributed by atoms with Gasteiger partial charge in [-0.05, 0) is 18.1 Å². The Labute approximate surface area is 84.2 Å². The number of hydrogen-bond acceptors (Lipinski definition) is 1. The molecule has 0 saturated carbocycles. The highest BCUT2D eigenvalue weighted by atomic mass is 15.0. The molecule has 0 spiro atoms. The molecule has 2 aromatic rings. The van der Waals surface area contributed by atoms with Gasteiger partial charge >= 0.3 is 0 Å². The molecule has 0 atom stereocenters. The van der Waals surface area contributed by atoms with Gasteiger partial charge in [0.2, 0.25) is 0 Å². The first-order valence-corrected chi connectivity index (χ1v) is 4.77. The number of rotatable bonds is 2. The molecule has 1 aromatic heterocycles. The largest absolute Gasteiger partial charge is 0.340 e. The minimum Gasteiger partial charge on any atom is -0.340 e. The van der Waals surface area contributed by atoms with Crippen molar-refractivity contribution in [3.8, 4) is 0 Å². The van der Waals surface area contributed by atoms with Crippen LogP contribution in [0.4, 0.5) is 0 Å². The summed E-state index contributed by atoms with van der Waals surface area (Å²) in [5.74, 6) is 0. The molecule has 0 radical (unpaired) electrons. The van der Waals surface area contributed by atoms with Gasteiger partial charge in [-0.2, -0.15) is 0 Å². The Morgan fingerprint density at radius 1 is 1.29 bits per heavy atom. The topological polar surface area (TPSA) is 17.8 Å². The summed E-state index contributed by atoms with van der Waals surface area (Å²) in [7, 11) is 1.99. The first-order valence-electron chi connectivity index (χ1n) is 4.77. The van der Waals surface area contributed by atoms with Gasteiger partial charge in [0.1, 0.15) is 0 Å². The summed E-state index contributed by atoms with van der Waals surface area (Å²) in [4.78, 5) is 4.32. The van der Waals surface area contributed by atoms with Gasteiger partial charge in [-0.15, -0.1) is 0 Å². The Bertz CT molecular complexity index is 429. The van der Waals surface area contributed by atoms with Crippen molar-refractivity contribution < 1.29 is 0 Å². The molecule has 0 unspecified atom stereocenters.